The van der Waals surface area contributed by atoms with Crippen molar-refractivity contribution >= 4 is 10.9 Å². The molecule has 0 bridgehead atoms. The van der Waals surface area contributed by atoms with Crippen LogP contribution in [0, 0.1) is 0 Å². The van der Waals surface area contributed by atoms with Gasteiger partial charge in [0, 0.05) is 0 Å². The van der Waals surface area contributed by atoms with Crippen LogP contribution >= 0.6 is 0 Å². The van der Waals surface area contributed by atoms with Crippen LogP contribution in [0.4, 0.5) is 0 Å². The number of H-pyrrole nitrogens is 2. The number of nitrogens with two attached hydrogens (primary N) is 1. The number of para-hydroxylation sites is 1. The molecule has 5 nitrogen and oxygen atoms in total. The van der Waals surface area contributed by atoms with Gasteiger partial charge >= 0.3 is 5.69 Å². The molecular formula is C9H11N3O2. The highest BCUT2D eigenvalue weighted by Gasteiger charge is 1.96. The molecule has 0 aliphatic heterocycles. The molecule has 5 heteroatoms. The van der Waals surface area contributed by atoms with Crippen LogP contribution in [-0.2, 0) is 0 Å². The Morgan fingerprint density at radius 3 is 2.43 bits per heavy atom. The van der Waals surface area contributed by atoms with E-state index in [2.05, 4.69) is 15.7 Å². The van der Waals surface area contributed by atoms with Crippen molar-refractivity contribution in [3.8, 4) is 0 Å². The summed E-state index contributed by atoms with van der Waals surface area (Å²) in [5.41, 5.74) is 4.24. The lowest BCUT2D eigenvalue weighted by molar-refractivity contribution is 1.08. The summed E-state index contributed by atoms with van der Waals surface area (Å²) < 4.78 is 0. The van der Waals surface area contributed by atoms with Gasteiger partial charge in [-0.3, -0.25) is 9.78 Å². The van der Waals surface area contributed by atoms with Gasteiger partial charge in [0.15, 0.2) is 0 Å². The van der Waals surface area contributed by atoms with E-state index in [1.54, 1.807) is 24.3 Å². The maximum Gasteiger partial charge on any atom is 0.326 e. The summed E-state index contributed by atoms with van der Waals surface area (Å²) in [6, 6.07) is 6.85. The first-order valence-electron chi connectivity index (χ1n) is 4.06. The Morgan fingerprint density at radius 1 is 1.07 bits per heavy atom. The molecule has 0 atom stereocenters. The monoisotopic (exact) mass is 193 g/mol. The molecule has 0 fully saturated rings. The third kappa shape index (κ3) is 1.89. The van der Waals surface area contributed by atoms with Crippen LogP contribution in [0.5, 0.6) is 0 Å². The summed E-state index contributed by atoms with van der Waals surface area (Å²) in [6.07, 6.45) is 0. The van der Waals surface area contributed by atoms with Crippen molar-refractivity contribution in [2.45, 2.75) is 0 Å². The second-order valence-corrected chi connectivity index (χ2v) is 2.45. The Balaban J connectivity index is 0.000000461. The van der Waals surface area contributed by atoms with E-state index in [-0.39, 0.29) is 5.56 Å². The van der Waals surface area contributed by atoms with Gasteiger partial charge in [-0.1, -0.05) is 12.1 Å². The first-order valence-corrected chi connectivity index (χ1v) is 4.06. The van der Waals surface area contributed by atoms with Crippen LogP contribution in [-0.4, -0.2) is 17.0 Å². The van der Waals surface area contributed by atoms with Gasteiger partial charge in [0.1, 0.15) is 0 Å². The zero-order valence-electron chi connectivity index (χ0n) is 7.70. The maximum atomic E-state index is 11.1. The van der Waals surface area contributed by atoms with Crippen LogP contribution in [0.15, 0.2) is 33.9 Å². The average Bonchev–Trinajstić information content (AvgIpc) is 2.20. The second kappa shape index (κ2) is 4.38. The van der Waals surface area contributed by atoms with Crippen molar-refractivity contribution in [3.63, 3.8) is 0 Å². The number of hydrogen-bond donors (Lipinski definition) is 3. The van der Waals surface area contributed by atoms with Gasteiger partial charge in [-0.05, 0) is 19.2 Å². The minimum atomic E-state index is -0.473. The number of aromatic nitrogens is 2. The molecule has 0 unspecified atom stereocenters. The molecule has 2 rings (SSSR count). The number of rotatable bonds is 0. The molecule has 0 saturated heterocycles. The number of hydrogen-bond acceptors (Lipinski definition) is 3. The van der Waals surface area contributed by atoms with Crippen molar-refractivity contribution < 1.29 is 0 Å². The molecule has 1 aromatic carbocycles. The Bertz CT molecular complexity index is 527. The Labute approximate surface area is 79.6 Å². The quantitative estimate of drug-likeness (QED) is 0.540. The molecule has 2 aromatic rings. The Hall–Kier alpha value is -1.88. The smallest absolute Gasteiger partial charge is 0.326 e. The van der Waals surface area contributed by atoms with Crippen molar-refractivity contribution in [1.82, 2.24) is 9.97 Å². The molecule has 0 spiro atoms. The molecule has 0 amide bonds. The van der Waals surface area contributed by atoms with Gasteiger partial charge in [-0.2, -0.15) is 0 Å². The molecule has 4 N–H and O–H groups in total. The molecule has 0 aliphatic rings. The lowest BCUT2D eigenvalue weighted by Crippen LogP contribution is -2.21. The van der Waals surface area contributed by atoms with Crippen molar-refractivity contribution in [2.75, 3.05) is 7.05 Å². The van der Waals surface area contributed by atoms with Crippen LogP contribution in [0.25, 0.3) is 10.9 Å². The SMILES string of the molecule is CN.O=c1[nH]c(=O)c2ccccc2[nH]1. The third-order valence-corrected chi connectivity index (χ3v) is 1.65. The number of fused-ring (bicyclic) bond motifs is 1. The number of nitrogens with one attached hydrogen (secondary N) is 2. The van der Waals surface area contributed by atoms with Gasteiger partial charge in [0.2, 0.25) is 0 Å². The maximum absolute atomic E-state index is 11.1. The zero-order valence-corrected chi connectivity index (χ0v) is 7.70. The van der Waals surface area contributed by atoms with Gasteiger partial charge in [-0.15, -0.1) is 0 Å². The van der Waals surface area contributed by atoms with E-state index in [0.717, 1.165) is 0 Å². The summed E-state index contributed by atoms with van der Waals surface area (Å²) in [4.78, 5) is 26.6. The molecular weight excluding hydrogens is 182 g/mol. The standard InChI is InChI=1S/C8H6N2O2.CH5N/c11-7-5-3-1-2-4-6(5)9-8(12)10-7;1-2/h1-4H,(H2,9,10,11,12);2H2,1H3. The summed E-state index contributed by atoms with van der Waals surface area (Å²) in [6.45, 7) is 0. The van der Waals surface area contributed by atoms with E-state index >= 15 is 0 Å². The van der Waals surface area contributed by atoms with E-state index in [1.165, 1.54) is 7.05 Å². The van der Waals surface area contributed by atoms with Crippen molar-refractivity contribution in [2.24, 2.45) is 5.73 Å². The molecule has 1 aromatic heterocycles. The Kier molecular flexibility index (Phi) is 3.19. The minimum absolute atomic E-state index is 0.352. The van der Waals surface area contributed by atoms with Gasteiger partial charge in [0.25, 0.3) is 5.56 Å². The summed E-state index contributed by atoms with van der Waals surface area (Å²) in [5.74, 6) is 0. The van der Waals surface area contributed by atoms with Crippen LogP contribution < -0.4 is 17.0 Å². The van der Waals surface area contributed by atoms with Gasteiger partial charge in [0.05, 0.1) is 10.9 Å². The highest BCUT2D eigenvalue weighted by molar-refractivity contribution is 5.76. The van der Waals surface area contributed by atoms with Crippen molar-refractivity contribution in [1.29, 1.82) is 0 Å². The van der Waals surface area contributed by atoms with E-state index < -0.39 is 5.69 Å². The van der Waals surface area contributed by atoms with E-state index in [4.69, 9.17) is 0 Å². The van der Waals surface area contributed by atoms with Gasteiger partial charge in [-0.25, -0.2) is 4.79 Å². The third-order valence-electron chi connectivity index (χ3n) is 1.65. The fraction of sp³-hybridized carbons (Fsp3) is 0.111. The Morgan fingerprint density at radius 2 is 1.71 bits per heavy atom. The summed E-state index contributed by atoms with van der Waals surface area (Å²) >= 11 is 0. The molecule has 74 valence electrons. The van der Waals surface area contributed by atoms with Crippen LogP contribution in [0.3, 0.4) is 0 Å². The average molecular weight is 193 g/mol. The normalized spacial score (nSPS) is 9.29. The lowest BCUT2D eigenvalue weighted by Gasteiger charge is -1.92. The highest BCUT2D eigenvalue weighted by atomic mass is 16.2. The highest BCUT2D eigenvalue weighted by Crippen LogP contribution is 2.01. The molecule has 0 radical (unpaired) electrons. The zero-order chi connectivity index (χ0) is 10.6. The predicted octanol–water partition coefficient (Wildman–Crippen LogP) is -0.209. The minimum Gasteiger partial charge on any atom is -0.333 e. The molecule has 0 aliphatic carbocycles. The molecule has 1 heterocycles. The van der Waals surface area contributed by atoms with E-state index in [0.29, 0.717) is 10.9 Å². The molecule has 0 saturated carbocycles. The topological polar surface area (TPSA) is 91.7 Å². The molecule has 14 heavy (non-hydrogen) atoms. The fourth-order valence-electron chi connectivity index (χ4n) is 1.11. The van der Waals surface area contributed by atoms with E-state index in [1.807, 2.05) is 0 Å². The number of benzene rings is 1. The number of aromatic amines is 2. The lowest BCUT2D eigenvalue weighted by atomic mass is 10.2. The van der Waals surface area contributed by atoms with Gasteiger partial charge < -0.3 is 10.7 Å². The first-order chi connectivity index (χ1) is 6.77. The second-order valence-electron chi connectivity index (χ2n) is 2.45. The summed E-state index contributed by atoms with van der Waals surface area (Å²) in [5, 5.41) is 0.497. The van der Waals surface area contributed by atoms with Crippen LogP contribution in [0.2, 0.25) is 0 Å². The predicted molar refractivity (Wildman–Crippen MR) is 55.3 cm³/mol. The largest absolute Gasteiger partial charge is 0.333 e. The van der Waals surface area contributed by atoms with Crippen molar-refractivity contribution in [3.05, 3.63) is 45.1 Å². The summed E-state index contributed by atoms with van der Waals surface area (Å²) in [7, 11) is 1.50. The van der Waals surface area contributed by atoms with Crippen LogP contribution in [0.1, 0.15) is 0 Å². The first kappa shape index (κ1) is 10.2. The fourth-order valence-corrected chi connectivity index (χ4v) is 1.11. The van der Waals surface area contributed by atoms with E-state index in [9.17, 15) is 9.59 Å².